The molecule has 0 radical (unpaired) electrons. The van der Waals surface area contributed by atoms with E-state index in [0.29, 0.717) is 30.1 Å². The van der Waals surface area contributed by atoms with Crippen LogP contribution < -0.4 is 0 Å². The molecular weight excluding hydrogens is 332 g/mol. The summed E-state index contributed by atoms with van der Waals surface area (Å²) in [5, 5.41) is 10.7. The predicted molar refractivity (Wildman–Crippen MR) is 96.9 cm³/mol. The number of ether oxygens (including phenoxy) is 2. The van der Waals surface area contributed by atoms with Crippen LogP contribution in [-0.2, 0) is 19.2 Å². The third-order valence-corrected chi connectivity index (χ3v) is 7.75. The average molecular weight is 369 g/mol. The first-order valence-electron chi connectivity index (χ1n) is 10.4. The van der Waals surface area contributed by atoms with E-state index in [0.717, 1.165) is 19.3 Å². The summed E-state index contributed by atoms with van der Waals surface area (Å²) < 4.78 is 12.9. The van der Waals surface area contributed by atoms with Crippen LogP contribution in [0.3, 0.4) is 0 Å². The lowest BCUT2D eigenvalue weighted by Crippen LogP contribution is -2.70. The molecule has 5 rings (SSSR count). The molecule has 5 fully saturated rings. The first-order chi connectivity index (χ1) is 12.1. The topological polar surface area (TPSA) is 57.2 Å². The predicted octanol–water partition coefficient (Wildman–Crippen LogP) is 4.03. The maximum absolute atomic E-state index is 10.7. The highest BCUT2D eigenvalue weighted by Crippen LogP contribution is 2.60. The average Bonchev–Trinajstić information content (AvgIpc) is 2.77. The molecule has 0 aromatic heterocycles. The Bertz CT molecular complexity index is 545. The Morgan fingerprint density at radius 1 is 1.08 bits per heavy atom. The zero-order chi connectivity index (χ0) is 18.9. The summed E-state index contributed by atoms with van der Waals surface area (Å²) in [5.41, 5.74) is -0.660. The van der Waals surface area contributed by atoms with Crippen LogP contribution in [0, 0.1) is 29.1 Å². The minimum absolute atomic E-state index is 0.0227. The van der Waals surface area contributed by atoms with Crippen molar-refractivity contribution < 1.29 is 24.4 Å². The van der Waals surface area contributed by atoms with Gasteiger partial charge in [-0.2, -0.15) is 0 Å². The Morgan fingerprint density at radius 2 is 1.81 bits per heavy atom. The van der Waals surface area contributed by atoms with Gasteiger partial charge in [0.15, 0.2) is 11.9 Å². The van der Waals surface area contributed by atoms with E-state index in [2.05, 4.69) is 34.6 Å². The molecule has 1 aliphatic carbocycles. The molecule has 0 aromatic rings. The second-order valence-electron chi connectivity index (χ2n) is 10.6. The van der Waals surface area contributed by atoms with Crippen molar-refractivity contribution in [3.63, 3.8) is 0 Å². The summed E-state index contributed by atoms with van der Waals surface area (Å²) in [6.45, 7) is 12.8. The van der Waals surface area contributed by atoms with Gasteiger partial charge in [-0.05, 0) is 49.4 Å². The van der Waals surface area contributed by atoms with Gasteiger partial charge in [0.2, 0.25) is 5.79 Å². The molecule has 2 bridgehead atoms. The van der Waals surface area contributed by atoms with E-state index in [1.165, 1.54) is 6.42 Å². The molecule has 4 heterocycles. The number of rotatable bonds is 2. The molecular formula is C21H36O5. The molecule has 0 aromatic carbocycles. The van der Waals surface area contributed by atoms with Gasteiger partial charge in [-0.15, -0.1) is 0 Å². The Balaban J connectivity index is 1.66. The maximum Gasteiger partial charge on any atom is 0.201 e. The highest BCUT2D eigenvalue weighted by atomic mass is 17.3. The van der Waals surface area contributed by atoms with E-state index in [1.54, 1.807) is 0 Å². The molecule has 1 spiro atoms. The van der Waals surface area contributed by atoms with Crippen LogP contribution in [0.2, 0.25) is 0 Å². The Hall–Kier alpha value is -0.200. The van der Waals surface area contributed by atoms with E-state index < -0.39 is 23.8 Å². The maximum atomic E-state index is 10.7. The smallest absolute Gasteiger partial charge is 0.201 e. The minimum atomic E-state index is -0.731. The van der Waals surface area contributed by atoms with Crippen molar-refractivity contribution in [2.75, 3.05) is 0 Å². The van der Waals surface area contributed by atoms with Crippen molar-refractivity contribution in [1.29, 1.82) is 0 Å². The highest BCUT2D eigenvalue weighted by Gasteiger charge is 2.69. The standard InChI is InChI=1S/C21H36O5/c1-12-7-8-15-13(2)16(11-17(22)19(3,4)5)23-18-21(15)14(12)9-10-20(6,24-18)25-26-21/h12-18,22H,7-11H2,1-6H3/t12-,13-,14+,15+,16-,17+,18-,20-,21-/m1/s1. The molecule has 0 unspecified atom stereocenters. The number of aliphatic hydroxyl groups is 1. The molecule has 1 saturated carbocycles. The van der Waals surface area contributed by atoms with E-state index in [-0.39, 0.29) is 11.5 Å². The first kappa shape index (κ1) is 19.1. The van der Waals surface area contributed by atoms with Gasteiger partial charge in [0, 0.05) is 18.8 Å². The zero-order valence-corrected chi connectivity index (χ0v) is 17.2. The van der Waals surface area contributed by atoms with Crippen LogP contribution in [0.25, 0.3) is 0 Å². The fourth-order valence-corrected chi connectivity index (χ4v) is 5.82. The summed E-state index contributed by atoms with van der Waals surface area (Å²) in [6, 6.07) is 0. The van der Waals surface area contributed by atoms with Crippen LogP contribution in [-0.4, -0.2) is 35.0 Å². The molecule has 9 atom stereocenters. The van der Waals surface area contributed by atoms with E-state index in [4.69, 9.17) is 19.2 Å². The fraction of sp³-hybridized carbons (Fsp3) is 1.00. The molecule has 4 aliphatic heterocycles. The van der Waals surface area contributed by atoms with E-state index >= 15 is 0 Å². The van der Waals surface area contributed by atoms with Crippen LogP contribution in [0.5, 0.6) is 0 Å². The number of hydrogen-bond acceptors (Lipinski definition) is 5. The molecule has 5 nitrogen and oxygen atoms in total. The summed E-state index contributed by atoms with van der Waals surface area (Å²) in [4.78, 5) is 12.0. The molecule has 5 heteroatoms. The lowest BCUT2D eigenvalue weighted by atomic mass is 9.57. The van der Waals surface area contributed by atoms with Gasteiger partial charge in [0.25, 0.3) is 0 Å². The fourth-order valence-electron chi connectivity index (χ4n) is 5.82. The number of hydrogen-bond donors (Lipinski definition) is 1. The van der Waals surface area contributed by atoms with Crippen molar-refractivity contribution >= 4 is 0 Å². The quantitative estimate of drug-likeness (QED) is 0.746. The van der Waals surface area contributed by atoms with Gasteiger partial charge in [-0.3, -0.25) is 0 Å². The second-order valence-corrected chi connectivity index (χ2v) is 10.6. The Kier molecular flexibility index (Phi) is 4.52. The molecule has 0 amide bonds. The van der Waals surface area contributed by atoms with E-state index in [9.17, 15) is 5.11 Å². The molecule has 4 saturated heterocycles. The monoisotopic (exact) mass is 368 g/mol. The van der Waals surface area contributed by atoms with Gasteiger partial charge < -0.3 is 14.6 Å². The third-order valence-electron chi connectivity index (χ3n) is 7.75. The van der Waals surface area contributed by atoms with E-state index in [1.807, 2.05) is 6.92 Å². The number of aliphatic hydroxyl groups excluding tert-OH is 1. The molecule has 26 heavy (non-hydrogen) atoms. The number of fused-ring (bicyclic) bond motifs is 2. The van der Waals surface area contributed by atoms with Crippen molar-refractivity contribution in [2.24, 2.45) is 29.1 Å². The Morgan fingerprint density at radius 3 is 2.50 bits per heavy atom. The van der Waals surface area contributed by atoms with Crippen LogP contribution >= 0.6 is 0 Å². The van der Waals surface area contributed by atoms with Gasteiger partial charge in [-0.25, -0.2) is 9.78 Å². The van der Waals surface area contributed by atoms with Crippen LogP contribution in [0.1, 0.15) is 73.6 Å². The lowest BCUT2D eigenvalue weighted by Gasteiger charge is -2.60. The van der Waals surface area contributed by atoms with Gasteiger partial charge in [0.1, 0.15) is 0 Å². The SMILES string of the molecule is C[C@H]1[C@@H](C[C@H](O)C(C)(C)C)O[C@@H]2O[C@@]3(C)CC[C@H]4[C@H](C)CC[C@@H]1[C@@]24OO3. The second kappa shape index (κ2) is 6.15. The van der Waals surface area contributed by atoms with Crippen molar-refractivity contribution in [3.05, 3.63) is 0 Å². The minimum Gasteiger partial charge on any atom is -0.392 e. The third kappa shape index (κ3) is 2.77. The zero-order valence-electron chi connectivity index (χ0n) is 17.2. The van der Waals surface area contributed by atoms with Crippen molar-refractivity contribution in [1.82, 2.24) is 0 Å². The van der Waals surface area contributed by atoms with Gasteiger partial charge in [0.05, 0.1) is 12.2 Å². The summed E-state index contributed by atoms with van der Waals surface area (Å²) >= 11 is 0. The first-order valence-corrected chi connectivity index (χ1v) is 10.4. The normalized spacial score (nSPS) is 52.3. The summed E-state index contributed by atoms with van der Waals surface area (Å²) in [6.07, 6.45) is 4.00. The summed E-state index contributed by atoms with van der Waals surface area (Å²) in [5.74, 6) is 0.876. The van der Waals surface area contributed by atoms with Crippen molar-refractivity contribution in [2.45, 2.75) is 104 Å². The highest BCUT2D eigenvalue weighted by molar-refractivity contribution is 5.10. The van der Waals surface area contributed by atoms with Gasteiger partial charge in [-0.1, -0.05) is 34.6 Å². The lowest BCUT2D eigenvalue weighted by molar-refractivity contribution is -0.571. The molecule has 1 N–H and O–H groups in total. The largest absolute Gasteiger partial charge is 0.392 e. The molecule has 5 aliphatic rings. The Labute approximate surface area is 157 Å². The molecule has 150 valence electrons. The van der Waals surface area contributed by atoms with Crippen molar-refractivity contribution in [3.8, 4) is 0 Å². The van der Waals surface area contributed by atoms with Crippen LogP contribution in [0.15, 0.2) is 0 Å². The van der Waals surface area contributed by atoms with Gasteiger partial charge >= 0.3 is 0 Å². The van der Waals surface area contributed by atoms with Crippen LogP contribution in [0.4, 0.5) is 0 Å². The summed E-state index contributed by atoms with van der Waals surface area (Å²) in [7, 11) is 0.